The molecule has 2 aliphatic rings. The Morgan fingerprint density at radius 3 is 2.69 bits per heavy atom. The number of H-pyrrole nitrogens is 1. The van der Waals surface area contributed by atoms with E-state index in [1.165, 1.54) is 5.56 Å². The Morgan fingerprint density at radius 2 is 1.91 bits per heavy atom. The Kier molecular flexibility index (Phi) is 5.93. The quantitative estimate of drug-likeness (QED) is 0.561. The first-order valence-electron chi connectivity index (χ1n) is 11.6. The van der Waals surface area contributed by atoms with Crippen molar-refractivity contribution in [3.8, 4) is 0 Å². The van der Waals surface area contributed by atoms with E-state index in [9.17, 15) is 0 Å². The molecule has 0 unspecified atom stereocenters. The van der Waals surface area contributed by atoms with Gasteiger partial charge in [-0.25, -0.2) is 19.9 Å². The number of nitrogens with one attached hydrogen (secondary N) is 3. The molecule has 5 heterocycles. The molecule has 5 rings (SSSR count). The zero-order valence-corrected chi connectivity index (χ0v) is 19.1. The van der Waals surface area contributed by atoms with Gasteiger partial charge in [0.2, 0.25) is 0 Å². The van der Waals surface area contributed by atoms with Crippen LogP contribution in [0.1, 0.15) is 49.7 Å². The van der Waals surface area contributed by atoms with Crippen LogP contribution in [0.15, 0.2) is 18.6 Å². The molecular weight excluding hydrogens is 404 g/mol. The maximum absolute atomic E-state index is 5.55. The fraction of sp³-hybridized carbons (Fsp3) is 0.565. The molecule has 2 saturated heterocycles. The fourth-order valence-electron chi connectivity index (χ4n) is 4.98. The fourth-order valence-corrected chi connectivity index (χ4v) is 4.98. The summed E-state index contributed by atoms with van der Waals surface area (Å²) in [5.74, 6) is 3.05. The molecule has 2 fully saturated rings. The lowest BCUT2D eigenvalue weighted by Gasteiger charge is -2.37. The lowest BCUT2D eigenvalue weighted by atomic mass is 9.92. The highest BCUT2D eigenvalue weighted by Crippen LogP contribution is 2.34. The third-order valence-corrected chi connectivity index (χ3v) is 6.34. The molecular formula is C23H32N8O. The van der Waals surface area contributed by atoms with Gasteiger partial charge in [-0.15, -0.1) is 0 Å². The van der Waals surface area contributed by atoms with Crippen LogP contribution in [0.4, 0.5) is 11.6 Å². The standard InChI is InChI=1S/C23H32N8O/c1-14-8-20(31-11-15(2)28-16(3)12-31)30-19(29-14)10-25-23-21-18(17-4-6-32-7-5-17)9-24-22(21)26-13-27-23/h8-9,13,15-17,28H,4-7,10-12H2,1-3H3,(H2,24,25,26,27)/t15-,16+. The minimum absolute atomic E-state index is 0.432. The predicted molar refractivity (Wildman–Crippen MR) is 125 cm³/mol. The molecule has 0 saturated carbocycles. The van der Waals surface area contributed by atoms with Gasteiger partial charge in [0.25, 0.3) is 0 Å². The molecule has 0 spiro atoms. The molecule has 3 aromatic rings. The van der Waals surface area contributed by atoms with E-state index in [4.69, 9.17) is 9.72 Å². The number of rotatable bonds is 5. The van der Waals surface area contributed by atoms with Gasteiger partial charge in [0, 0.05) is 56.3 Å². The molecule has 32 heavy (non-hydrogen) atoms. The van der Waals surface area contributed by atoms with Crippen LogP contribution in [0, 0.1) is 6.92 Å². The highest BCUT2D eigenvalue weighted by molar-refractivity contribution is 5.90. The molecule has 0 bridgehead atoms. The first-order chi connectivity index (χ1) is 15.6. The Hall–Kier alpha value is -2.78. The second-order valence-corrected chi connectivity index (χ2v) is 9.09. The van der Waals surface area contributed by atoms with E-state index in [0.717, 1.165) is 73.3 Å². The summed E-state index contributed by atoms with van der Waals surface area (Å²) >= 11 is 0. The minimum atomic E-state index is 0.432. The summed E-state index contributed by atoms with van der Waals surface area (Å²) in [6.45, 7) is 10.5. The van der Waals surface area contributed by atoms with Crippen molar-refractivity contribution in [1.82, 2.24) is 30.2 Å². The number of hydrogen-bond donors (Lipinski definition) is 3. The lowest BCUT2D eigenvalue weighted by molar-refractivity contribution is 0.0856. The number of anilines is 2. The highest BCUT2D eigenvalue weighted by Gasteiger charge is 2.24. The van der Waals surface area contributed by atoms with Crippen molar-refractivity contribution in [2.45, 2.75) is 58.2 Å². The van der Waals surface area contributed by atoms with Crippen LogP contribution >= 0.6 is 0 Å². The Labute approximate surface area is 188 Å². The van der Waals surface area contributed by atoms with Crippen LogP contribution in [-0.4, -0.2) is 63.3 Å². The van der Waals surface area contributed by atoms with E-state index in [1.54, 1.807) is 6.33 Å². The van der Waals surface area contributed by atoms with E-state index in [-0.39, 0.29) is 0 Å². The van der Waals surface area contributed by atoms with Crippen molar-refractivity contribution in [1.29, 1.82) is 0 Å². The summed E-state index contributed by atoms with van der Waals surface area (Å²) in [5, 5.41) is 8.13. The summed E-state index contributed by atoms with van der Waals surface area (Å²) in [5.41, 5.74) is 3.10. The zero-order valence-electron chi connectivity index (χ0n) is 19.1. The first-order valence-corrected chi connectivity index (χ1v) is 11.6. The van der Waals surface area contributed by atoms with Crippen LogP contribution in [0.2, 0.25) is 0 Å². The van der Waals surface area contributed by atoms with Gasteiger partial charge >= 0.3 is 0 Å². The van der Waals surface area contributed by atoms with E-state index < -0.39 is 0 Å². The van der Waals surface area contributed by atoms with Gasteiger partial charge in [0.05, 0.1) is 11.9 Å². The number of nitrogens with zero attached hydrogens (tertiary/aromatic N) is 5. The van der Waals surface area contributed by atoms with E-state index in [1.807, 2.05) is 6.92 Å². The van der Waals surface area contributed by atoms with Gasteiger partial charge in [-0.1, -0.05) is 0 Å². The average Bonchev–Trinajstić information content (AvgIpc) is 3.22. The Balaban J connectivity index is 1.38. The Morgan fingerprint density at radius 1 is 1.12 bits per heavy atom. The molecule has 3 aromatic heterocycles. The van der Waals surface area contributed by atoms with E-state index in [2.05, 4.69) is 61.6 Å². The van der Waals surface area contributed by atoms with Crippen LogP contribution in [0.3, 0.4) is 0 Å². The van der Waals surface area contributed by atoms with Crippen molar-refractivity contribution >= 4 is 22.7 Å². The minimum Gasteiger partial charge on any atom is -0.381 e. The SMILES string of the molecule is Cc1cc(N2C[C@@H](C)N[C@@H](C)C2)nc(CNc2ncnc3[nH]cc(C4CCOCC4)c23)n1. The number of hydrogen-bond acceptors (Lipinski definition) is 8. The van der Waals surface area contributed by atoms with Crippen LogP contribution < -0.4 is 15.5 Å². The molecule has 0 radical (unpaired) electrons. The average molecular weight is 437 g/mol. The molecule has 0 aromatic carbocycles. The number of fused-ring (bicyclic) bond motifs is 1. The van der Waals surface area contributed by atoms with Gasteiger partial charge in [-0.3, -0.25) is 0 Å². The van der Waals surface area contributed by atoms with Gasteiger partial charge in [-0.05, 0) is 45.1 Å². The van der Waals surface area contributed by atoms with Crippen molar-refractivity contribution in [3.63, 3.8) is 0 Å². The third kappa shape index (κ3) is 4.40. The smallest absolute Gasteiger partial charge is 0.150 e. The second-order valence-electron chi connectivity index (χ2n) is 9.09. The van der Waals surface area contributed by atoms with Crippen molar-refractivity contribution < 1.29 is 4.74 Å². The van der Waals surface area contributed by atoms with E-state index in [0.29, 0.717) is 24.5 Å². The number of aryl methyl sites for hydroxylation is 1. The van der Waals surface area contributed by atoms with Crippen LogP contribution in [-0.2, 0) is 11.3 Å². The summed E-state index contributed by atoms with van der Waals surface area (Å²) in [4.78, 5) is 24.2. The summed E-state index contributed by atoms with van der Waals surface area (Å²) in [6.07, 6.45) is 5.72. The molecule has 0 amide bonds. The van der Waals surface area contributed by atoms with Crippen molar-refractivity contribution in [2.75, 3.05) is 36.5 Å². The lowest BCUT2D eigenvalue weighted by Crippen LogP contribution is -2.54. The number of ether oxygens (including phenoxy) is 1. The predicted octanol–water partition coefficient (Wildman–Crippen LogP) is 2.75. The van der Waals surface area contributed by atoms with Crippen LogP contribution in [0.5, 0.6) is 0 Å². The van der Waals surface area contributed by atoms with Gasteiger partial charge in [0.15, 0.2) is 0 Å². The molecule has 2 atom stereocenters. The van der Waals surface area contributed by atoms with Crippen molar-refractivity contribution in [3.05, 3.63) is 35.7 Å². The first kappa shape index (κ1) is 21.1. The summed E-state index contributed by atoms with van der Waals surface area (Å²) < 4.78 is 5.55. The largest absolute Gasteiger partial charge is 0.381 e. The summed E-state index contributed by atoms with van der Waals surface area (Å²) in [6, 6.07) is 2.94. The molecule has 9 heteroatoms. The zero-order chi connectivity index (χ0) is 22.1. The van der Waals surface area contributed by atoms with Gasteiger partial charge in [0.1, 0.15) is 29.4 Å². The van der Waals surface area contributed by atoms with Gasteiger partial charge in [-0.2, -0.15) is 0 Å². The van der Waals surface area contributed by atoms with E-state index >= 15 is 0 Å². The van der Waals surface area contributed by atoms with Gasteiger partial charge < -0.3 is 25.3 Å². The molecule has 3 N–H and O–H groups in total. The Bertz CT molecular complexity index is 1070. The highest BCUT2D eigenvalue weighted by atomic mass is 16.5. The topological polar surface area (TPSA) is 104 Å². The van der Waals surface area contributed by atoms with Crippen molar-refractivity contribution in [2.24, 2.45) is 0 Å². The molecule has 170 valence electrons. The summed E-state index contributed by atoms with van der Waals surface area (Å²) in [7, 11) is 0. The maximum atomic E-state index is 5.55. The molecule has 0 aliphatic carbocycles. The number of aromatic nitrogens is 5. The maximum Gasteiger partial charge on any atom is 0.150 e. The number of aromatic amines is 1. The molecule has 2 aliphatic heterocycles. The number of piperazine rings is 1. The monoisotopic (exact) mass is 436 g/mol. The normalized spacial score (nSPS) is 22.4. The van der Waals surface area contributed by atoms with Crippen LogP contribution in [0.25, 0.3) is 11.0 Å². The third-order valence-electron chi connectivity index (χ3n) is 6.34. The second kappa shape index (κ2) is 8.99. The molecule has 9 nitrogen and oxygen atoms in total.